The second-order valence-electron chi connectivity index (χ2n) is 8.64. The predicted molar refractivity (Wildman–Crippen MR) is 132 cm³/mol. The van der Waals surface area contributed by atoms with E-state index >= 15 is 4.39 Å². The predicted octanol–water partition coefficient (Wildman–Crippen LogP) is 4.05. The summed E-state index contributed by atoms with van der Waals surface area (Å²) in [4.78, 5) is 5.01. The highest BCUT2D eigenvalue weighted by atomic mass is 35.5. The van der Waals surface area contributed by atoms with Crippen LogP contribution in [0.15, 0.2) is 55.4 Å². The Bertz CT molecular complexity index is 1550. The van der Waals surface area contributed by atoms with Gasteiger partial charge < -0.3 is 10.9 Å². The molecule has 0 unspecified atom stereocenters. The molecule has 1 aromatic carbocycles. The third kappa shape index (κ3) is 4.18. The maximum absolute atomic E-state index is 15.2. The van der Waals surface area contributed by atoms with E-state index in [4.69, 9.17) is 17.3 Å². The molecule has 0 saturated heterocycles. The molecule has 0 radical (unpaired) electrons. The zero-order valence-corrected chi connectivity index (χ0v) is 20.3. The van der Waals surface area contributed by atoms with Crippen LogP contribution in [-0.4, -0.2) is 35.0 Å². The summed E-state index contributed by atoms with van der Waals surface area (Å²) in [6, 6.07) is 6.17. The molecular formula is C23H19ClFN9OS. The van der Waals surface area contributed by atoms with Gasteiger partial charge in [0, 0.05) is 24.0 Å². The lowest BCUT2D eigenvalue weighted by atomic mass is 10.0. The van der Waals surface area contributed by atoms with Gasteiger partial charge in [-0.25, -0.2) is 9.37 Å². The molecule has 6 rings (SSSR count). The van der Waals surface area contributed by atoms with Crippen LogP contribution >= 0.6 is 22.9 Å². The lowest BCUT2D eigenvalue weighted by molar-refractivity contribution is -0.615. The summed E-state index contributed by atoms with van der Waals surface area (Å²) >= 11 is 7.45. The number of rotatable bonds is 7. The second kappa shape index (κ2) is 8.95. The number of aromatic nitrogens is 8. The van der Waals surface area contributed by atoms with Crippen molar-refractivity contribution in [2.24, 2.45) is 5.92 Å². The van der Waals surface area contributed by atoms with Crippen molar-refractivity contribution >= 4 is 28.1 Å². The third-order valence-corrected chi connectivity index (χ3v) is 7.39. The summed E-state index contributed by atoms with van der Waals surface area (Å²) < 4.78 is 19.1. The van der Waals surface area contributed by atoms with E-state index in [0.717, 1.165) is 34.4 Å². The topological polar surface area (TPSA) is 127 Å². The van der Waals surface area contributed by atoms with Crippen LogP contribution in [0.5, 0.6) is 0 Å². The molecule has 2 N–H and O–H groups in total. The number of benzene rings is 1. The molecule has 182 valence electrons. The van der Waals surface area contributed by atoms with Gasteiger partial charge in [0.1, 0.15) is 12.4 Å². The van der Waals surface area contributed by atoms with Gasteiger partial charge in [0.05, 0.1) is 32.9 Å². The molecule has 4 heterocycles. The van der Waals surface area contributed by atoms with Crippen LogP contribution in [0.3, 0.4) is 0 Å². The highest BCUT2D eigenvalue weighted by Gasteiger charge is 2.32. The number of nitrogen functional groups attached to an aromatic ring is 1. The minimum atomic E-state index is -0.660. The number of hydrogen-bond donors (Lipinski definition) is 1. The van der Waals surface area contributed by atoms with E-state index < -0.39 is 5.82 Å². The molecule has 0 aliphatic heterocycles. The van der Waals surface area contributed by atoms with Crippen LogP contribution in [0.2, 0.25) is 5.02 Å². The Balaban J connectivity index is 1.40. The van der Waals surface area contributed by atoms with Gasteiger partial charge in [-0.3, -0.25) is 4.68 Å². The molecule has 1 fully saturated rings. The van der Waals surface area contributed by atoms with Crippen LogP contribution in [0.25, 0.3) is 27.3 Å². The molecular weight excluding hydrogens is 505 g/mol. The van der Waals surface area contributed by atoms with Crippen LogP contribution in [0.1, 0.15) is 31.0 Å². The largest absolute Gasteiger partial charge is 0.618 e. The van der Waals surface area contributed by atoms with E-state index in [1.807, 2.05) is 6.20 Å². The van der Waals surface area contributed by atoms with Gasteiger partial charge >= 0.3 is 0 Å². The summed E-state index contributed by atoms with van der Waals surface area (Å²) in [5.74, 6) is -0.134. The fraction of sp³-hybridized carbons (Fsp3) is 0.217. The van der Waals surface area contributed by atoms with Gasteiger partial charge in [0.15, 0.2) is 17.1 Å². The number of nitrogens with two attached hydrogens (primary N) is 1. The number of pyridine rings is 1. The van der Waals surface area contributed by atoms with Gasteiger partial charge in [-0.2, -0.15) is 14.5 Å². The van der Waals surface area contributed by atoms with Gasteiger partial charge in [0.25, 0.3) is 0 Å². The highest BCUT2D eigenvalue weighted by molar-refractivity contribution is 7.18. The smallest absolute Gasteiger partial charge is 0.217 e. The van der Waals surface area contributed by atoms with Crippen molar-refractivity contribution in [2.75, 3.05) is 5.73 Å². The zero-order valence-electron chi connectivity index (χ0n) is 18.7. The van der Waals surface area contributed by atoms with Crippen molar-refractivity contribution in [3.05, 3.63) is 77.1 Å². The number of hydrogen-bond acceptors (Lipinski definition) is 8. The summed E-state index contributed by atoms with van der Waals surface area (Å²) in [6.45, 7) is 0. The molecule has 13 heteroatoms. The maximum Gasteiger partial charge on any atom is 0.217 e. The number of thiazole rings is 1. The minimum Gasteiger partial charge on any atom is -0.618 e. The Kier molecular flexibility index (Phi) is 5.61. The lowest BCUT2D eigenvalue weighted by Crippen LogP contribution is -2.35. The maximum atomic E-state index is 15.2. The first kappa shape index (κ1) is 22.6. The number of halogens is 2. The molecule has 0 bridgehead atoms. The van der Waals surface area contributed by atoms with Crippen molar-refractivity contribution in [1.29, 1.82) is 0 Å². The normalized spacial score (nSPS) is 14.3. The first-order valence-corrected chi connectivity index (χ1v) is 12.4. The average molecular weight is 524 g/mol. The van der Waals surface area contributed by atoms with E-state index in [-0.39, 0.29) is 16.6 Å². The van der Waals surface area contributed by atoms with E-state index in [9.17, 15) is 5.21 Å². The average Bonchev–Trinajstić information content (AvgIpc) is 3.26. The van der Waals surface area contributed by atoms with E-state index in [0.29, 0.717) is 28.0 Å². The lowest BCUT2D eigenvalue weighted by Gasteiger charge is -2.18. The van der Waals surface area contributed by atoms with Gasteiger partial charge in [-0.1, -0.05) is 35.8 Å². The van der Waals surface area contributed by atoms with Crippen molar-refractivity contribution in [2.45, 2.75) is 25.3 Å². The van der Waals surface area contributed by atoms with Crippen LogP contribution in [-0.2, 0) is 0 Å². The summed E-state index contributed by atoms with van der Waals surface area (Å²) in [7, 11) is 0. The van der Waals surface area contributed by atoms with Crippen LogP contribution in [0.4, 0.5) is 9.52 Å². The Morgan fingerprint density at radius 2 is 2.08 bits per heavy atom. The first-order valence-electron chi connectivity index (χ1n) is 11.2. The molecule has 0 amide bonds. The molecule has 36 heavy (non-hydrogen) atoms. The fourth-order valence-electron chi connectivity index (χ4n) is 4.27. The molecule has 10 nitrogen and oxygen atoms in total. The Morgan fingerprint density at radius 1 is 1.22 bits per heavy atom. The quantitative estimate of drug-likeness (QED) is 0.252. The molecule has 4 aromatic heterocycles. The first-order chi connectivity index (χ1) is 17.5. The second-order valence-corrected chi connectivity index (χ2v) is 10.1. The molecule has 1 aliphatic carbocycles. The summed E-state index contributed by atoms with van der Waals surface area (Å²) in [6.07, 6.45) is 11.1. The zero-order chi connectivity index (χ0) is 24.8. The van der Waals surface area contributed by atoms with Crippen LogP contribution in [0, 0.1) is 16.9 Å². The Morgan fingerprint density at radius 3 is 2.78 bits per heavy atom. The highest BCUT2D eigenvalue weighted by Crippen LogP contribution is 2.40. The Hall–Kier alpha value is -3.90. The summed E-state index contributed by atoms with van der Waals surface area (Å²) in [5.41, 5.74) is 8.02. The van der Waals surface area contributed by atoms with Crippen molar-refractivity contribution in [1.82, 2.24) is 35.0 Å². The SMILES string of the molecule is Nc1ncc(-c2cnn([C@H](CC3CC3)c3ccc(-c4c(-n5cnnn5)ccc(Cl)c4F)c[n+]3[O-])c2)s1. The van der Waals surface area contributed by atoms with Gasteiger partial charge in [-0.15, -0.1) is 5.10 Å². The minimum absolute atomic E-state index is 0.0669. The summed E-state index contributed by atoms with van der Waals surface area (Å²) in [5, 5.41) is 29.4. The van der Waals surface area contributed by atoms with Gasteiger partial charge in [0.2, 0.25) is 5.69 Å². The van der Waals surface area contributed by atoms with Gasteiger partial charge in [-0.05, 0) is 41.0 Å². The van der Waals surface area contributed by atoms with E-state index in [1.165, 1.54) is 34.6 Å². The van der Waals surface area contributed by atoms with Crippen molar-refractivity contribution < 1.29 is 9.12 Å². The van der Waals surface area contributed by atoms with Crippen molar-refractivity contribution in [3.8, 4) is 27.3 Å². The number of anilines is 1. The number of nitrogens with zero attached hydrogens (tertiary/aromatic N) is 8. The fourth-order valence-corrected chi connectivity index (χ4v) is 5.08. The van der Waals surface area contributed by atoms with E-state index in [2.05, 4.69) is 25.6 Å². The molecule has 1 saturated carbocycles. The van der Waals surface area contributed by atoms with Crippen molar-refractivity contribution in [3.63, 3.8) is 0 Å². The van der Waals surface area contributed by atoms with Crippen LogP contribution < -0.4 is 10.5 Å². The van der Waals surface area contributed by atoms with E-state index in [1.54, 1.807) is 35.3 Å². The standard InChI is InChI=1S/C23H19ClFN9OS/c24-16-4-6-18(33-12-28-30-31-33)21(22(16)25)14-3-5-17(34(35)11-14)19(7-13-1-2-13)32-10-15(8-29-32)20-9-27-23(26)36-20/h3-6,8-13,19H,1-2,7H2,(H2,26,27)/t19-/m1/s1. The number of tetrazole rings is 1. The monoisotopic (exact) mass is 523 g/mol. The molecule has 1 atom stereocenters. The Labute approximate surface area is 213 Å². The molecule has 1 aliphatic rings. The third-order valence-electron chi connectivity index (χ3n) is 6.23. The molecule has 5 aromatic rings. The molecule has 0 spiro atoms.